The number of nitrogens with one attached hydrogen (secondary N) is 2. The zero-order valence-corrected chi connectivity index (χ0v) is 8.80. The standard InChI is InChI=1S/C9H11N7/c1-2-10-3-6-14-15-9-7-8(12-4-11-7)13-5-16(6)9/h4-5,10H,2-3H2,1H3,(H,11,12). The molecule has 0 aliphatic carbocycles. The second kappa shape index (κ2) is 3.53. The lowest BCUT2D eigenvalue weighted by Gasteiger charge is -1.99. The number of rotatable bonds is 3. The van der Waals surface area contributed by atoms with Gasteiger partial charge in [-0.1, -0.05) is 6.92 Å². The van der Waals surface area contributed by atoms with Gasteiger partial charge in [-0.25, -0.2) is 9.97 Å². The monoisotopic (exact) mass is 217 g/mol. The fourth-order valence-electron chi connectivity index (χ4n) is 1.63. The van der Waals surface area contributed by atoms with Gasteiger partial charge in [-0.2, -0.15) is 0 Å². The summed E-state index contributed by atoms with van der Waals surface area (Å²) in [6.45, 7) is 3.63. The van der Waals surface area contributed by atoms with Crippen LogP contribution in [0, 0.1) is 0 Å². The van der Waals surface area contributed by atoms with Gasteiger partial charge < -0.3 is 10.3 Å². The fraction of sp³-hybridized carbons (Fsp3) is 0.333. The van der Waals surface area contributed by atoms with E-state index in [9.17, 15) is 0 Å². The van der Waals surface area contributed by atoms with Crippen molar-refractivity contribution in [2.45, 2.75) is 13.5 Å². The zero-order chi connectivity index (χ0) is 11.0. The van der Waals surface area contributed by atoms with Crippen molar-refractivity contribution in [2.24, 2.45) is 0 Å². The highest BCUT2D eigenvalue weighted by Crippen LogP contribution is 2.12. The molecule has 0 saturated heterocycles. The molecular formula is C9H11N7. The Bertz CT molecular complexity index is 623. The molecule has 3 aromatic heterocycles. The number of fused-ring (bicyclic) bond motifs is 3. The Morgan fingerprint density at radius 1 is 1.38 bits per heavy atom. The van der Waals surface area contributed by atoms with E-state index in [1.165, 1.54) is 0 Å². The van der Waals surface area contributed by atoms with Crippen LogP contribution in [-0.2, 0) is 6.54 Å². The van der Waals surface area contributed by atoms with E-state index < -0.39 is 0 Å². The van der Waals surface area contributed by atoms with Gasteiger partial charge in [-0.3, -0.25) is 4.40 Å². The van der Waals surface area contributed by atoms with Crippen LogP contribution in [0.15, 0.2) is 12.7 Å². The lowest BCUT2D eigenvalue weighted by Crippen LogP contribution is -2.14. The van der Waals surface area contributed by atoms with Crippen LogP contribution in [0.4, 0.5) is 0 Å². The molecule has 0 radical (unpaired) electrons. The first kappa shape index (κ1) is 9.22. The molecule has 3 rings (SSSR count). The van der Waals surface area contributed by atoms with E-state index in [0.29, 0.717) is 12.2 Å². The minimum atomic E-state index is 0.662. The average molecular weight is 217 g/mol. The first-order valence-corrected chi connectivity index (χ1v) is 5.12. The third kappa shape index (κ3) is 1.25. The van der Waals surface area contributed by atoms with Gasteiger partial charge in [0.05, 0.1) is 12.9 Å². The number of aromatic amines is 1. The number of H-pyrrole nitrogens is 1. The van der Waals surface area contributed by atoms with Crippen LogP contribution >= 0.6 is 0 Å². The van der Waals surface area contributed by atoms with Crippen LogP contribution in [-0.4, -0.2) is 36.1 Å². The van der Waals surface area contributed by atoms with Gasteiger partial charge in [0.2, 0.25) is 0 Å². The normalized spacial score (nSPS) is 11.6. The summed E-state index contributed by atoms with van der Waals surface area (Å²) in [4.78, 5) is 11.3. The Morgan fingerprint density at radius 2 is 2.31 bits per heavy atom. The number of aromatic nitrogens is 6. The van der Waals surface area contributed by atoms with Crippen LogP contribution < -0.4 is 5.32 Å². The molecule has 0 unspecified atom stereocenters. The van der Waals surface area contributed by atoms with Crippen molar-refractivity contribution in [3.05, 3.63) is 18.5 Å². The van der Waals surface area contributed by atoms with Gasteiger partial charge in [-0.15, -0.1) is 10.2 Å². The minimum Gasteiger partial charge on any atom is -0.340 e. The molecule has 16 heavy (non-hydrogen) atoms. The average Bonchev–Trinajstić information content (AvgIpc) is 2.91. The molecule has 0 amide bonds. The molecule has 3 aromatic rings. The lowest BCUT2D eigenvalue weighted by molar-refractivity contribution is 0.682. The largest absolute Gasteiger partial charge is 0.340 e. The second-order valence-corrected chi connectivity index (χ2v) is 3.44. The third-order valence-corrected chi connectivity index (χ3v) is 2.44. The van der Waals surface area contributed by atoms with Gasteiger partial charge in [0, 0.05) is 0 Å². The molecule has 0 spiro atoms. The summed E-state index contributed by atoms with van der Waals surface area (Å²) in [5.74, 6) is 0.848. The van der Waals surface area contributed by atoms with Crippen molar-refractivity contribution in [1.82, 2.24) is 34.9 Å². The van der Waals surface area contributed by atoms with Crippen molar-refractivity contribution in [1.29, 1.82) is 0 Å². The molecule has 0 aliphatic heterocycles. The molecule has 0 saturated carbocycles. The Hall–Kier alpha value is -2.02. The topological polar surface area (TPSA) is 83.8 Å². The fourth-order valence-corrected chi connectivity index (χ4v) is 1.63. The summed E-state index contributed by atoms with van der Waals surface area (Å²) in [6.07, 6.45) is 3.31. The Labute approximate surface area is 90.9 Å². The quantitative estimate of drug-likeness (QED) is 0.650. The van der Waals surface area contributed by atoms with Crippen molar-refractivity contribution >= 4 is 16.8 Å². The molecule has 0 aliphatic rings. The van der Waals surface area contributed by atoms with Gasteiger partial charge in [0.25, 0.3) is 0 Å². The van der Waals surface area contributed by atoms with Crippen LogP contribution in [0.2, 0.25) is 0 Å². The molecule has 0 fully saturated rings. The molecule has 7 heteroatoms. The lowest BCUT2D eigenvalue weighted by atomic mass is 10.5. The molecule has 3 heterocycles. The summed E-state index contributed by atoms with van der Waals surface area (Å²) in [5, 5.41) is 11.5. The van der Waals surface area contributed by atoms with Gasteiger partial charge in [-0.05, 0) is 6.54 Å². The number of hydrogen-bond donors (Lipinski definition) is 2. The van der Waals surface area contributed by atoms with Gasteiger partial charge in [0.1, 0.15) is 11.8 Å². The highest BCUT2D eigenvalue weighted by Gasteiger charge is 2.09. The zero-order valence-electron chi connectivity index (χ0n) is 8.80. The van der Waals surface area contributed by atoms with E-state index in [4.69, 9.17) is 0 Å². The smallest absolute Gasteiger partial charge is 0.189 e. The highest BCUT2D eigenvalue weighted by molar-refractivity contribution is 5.84. The predicted octanol–water partition coefficient (Wildman–Crippen LogP) is 0.110. The van der Waals surface area contributed by atoms with E-state index in [0.717, 1.165) is 23.5 Å². The summed E-state index contributed by atoms with van der Waals surface area (Å²) >= 11 is 0. The van der Waals surface area contributed by atoms with Gasteiger partial charge in [0.15, 0.2) is 17.1 Å². The molecule has 0 atom stereocenters. The minimum absolute atomic E-state index is 0.662. The predicted molar refractivity (Wildman–Crippen MR) is 57.8 cm³/mol. The summed E-state index contributed by atoms with van der Waals surface area (Å²) in [7, 11) is 0. The maximum atomic E-state index is 4.22. The van der Waals surface area contributed by atoms with E-state index >= 15 is 0 Å². The van der Waals surface area contributed by atoms with Gasteiger partial charge >= 0.3 is 0 Å². The van der Waals surface area contributed by atoms with E-state index in [-0.39, 0.29) is 0 Å². The van der Waals surface area contributed by atoms with Crippen molar-refractivity contribution in [3.63, 3.8) is 0 Å². The molecular weight excluding hydrogens is 206 g/mol. The molecule has 0 aromatic carbocycles. The van der Waals surface area contributed by atoms with E-state index in [1.54, 1.807) is 12.7 Å². The summed E-state index contributed by atoms with van der Waals surface area (Å²) in [6, 6.07) is 0. The van der Waals surface area contributed by atoms with Crippen molar-refractivity contribution in [2.75, 3.05) is 6.54 Å². The number of imidazole rings is 1. The summed E-state index contributed by atoms with van der Waals surface area (Å²) < 4.78 is 1.86. The van der Waals surface area contributed by atoms with E-state index in [1.807, 2.05) is 4.40 Å². The van der Waals surface area contributed by atoms with E-state index in [2.05, 4.69) is 37.4 Å². The first-order chi connectivity index (χ1) is 7.90. The molecule has 2 N–H and O–H groups in total. The van der Waals surface area contributed by atoms with Crippen LogP contribution in [0.5, 0.6) is 0 Å². The Kier molecular flexibility index (Phi) is 2.03. The molecule has 0 bridgehead atoms. The van der Waals surface area contributed by atoms with Crippen LogP contribution in [0.1, 0.15) is 12.7 Å². The molecule has 82 valence electrons. The highest BCUT2D eigenvalue weighted by atomic mass is 15.3. The second-order valence-electron chi connectivity index (χ2n) is 3.44. The maximum Gasteiger partial charge on any atom is 0.189 e. The number of hydrogen-bond acceptors (Lipinski definition) is 5. The Balaban J connectivity index is 2.18. The van der Waals surface area contributed by atoms with Crippen molar-refractivity contribution in [3.8, 4) is 0 Å². The first-order valence-electron chi connectivity index (χ1n) is 5.12. The van der Waals surface area contributed by atoms with Crippen LogP contribution in [0.3, 0.4) is 0 Å². The van der Waals surface area contributed by atoms with Crippen LogP contribution in [0.25, 0.3) is 16.8 Å². The Morgan fingerprint density at radius 3 is 3.19 bits per heavy atom. The molecule has 7 nitrogen and oxygen atoms in total. The maximum absolute atomic E-state index is 4.22. The SMILES string of the molecule is CCNCc1nnc2c3[nH]cnc3ncn12. The summed E-state index contributed by atoms with van der Waals surface area (Å²) in [5.41, 5.74) is 2.24. The van der Waals surface area contributed by atoms with Crippen molar-refractivity contribution < 1.29 is 0 Å². The number of nitrogens with zero attached hydrogens (tertiary/aromatic N) is 5. The third-order valence-electron chi connectivity index (χ3n) is 2.44.